The van der Waals surface area contributed by atoms with Gasteiger partial charge in [-0.3, -0.25) is 0 Å². The lowest BCUT2D eigenvalue weighted by Gasteiger charge is -2.18. The van der Waals surface area contributed by atoms with E-state index in [1.54, 1.807) is 6.26 Å². The average Bonchev–Trinajstić information content (AvgIpc) is 3.27. The molecule has 0 fully saturated rings. The lowest BCUT2D eigenvalue weighted by Crippen LogP contribution is -2.10. The summed E-state index contributed by atoms with van der Waals surface area (Å²) in [6.07, 6.45) is 1.71. The van der Waals surface area contributed by atoms with E-state index in [0.717, 1.165) is 5.76 Å². The van der Waals surface area contributed by atoms with Crippen LogP contribution in [0.15, 0.2) is 83.4 Å². The SMILES string of the molecule is CC(C)(C)c1ccccc1.CC(C)(C)c1ccco1.[2H]c1c([2H])c([2H])c(C(C)(C)C)c([2H])c1[2H]. The molecule has 2 aromatic carbocycles. The van der Waals surface area contributed by atoms with Gasteiger partial charge in [0.15, 0.2) is 0 Å². The third kappa shape index (κ3) is 9.65. The van der Waals surface area contributed by atoms with Crippen molar-refractivity contribution in [2.24, 2.45) is 0 Å². The topological polar surface area (TPSA) is 13.1 Å². The van der Waals surface area contributed by atoms with Gasteiger partial charge in [0.05, 0.1) is 13.1 Å². The Morgan fingerprint density at radius 1 is 0.586 bits per heavy atom. The van der Waals surface area contributed by atoms with E-state index in [1.807, 2.05) is 32.9 Å². The van der Waals surface area contributed by atoms with E-state index in [4.69, 9.17) is 11.3 Å². The summed E-state index contributed by atoms with van der Waals surface area (Å²) in [6.45, 7) is 18.6. The minimum Gasteiger partial charge on any atom is -0.469 e. The molecule has 1 heterocycles. The lowest BCUT2D eigenvalue weighted by atomic mass is 9.87. The molecule has 0 amide bonds. The van der Waals surface area contributed by atoms with Crippen molar-refractivity contribution in [3.8, 4) is 0 Å². The number of furan rings is 1. The highest BCUT2D eigenvalue weighted by Crippen LogP contribution is 2.22. The van der Waals surface area contributed by atoms with Crippen LogP contribution in [-0.4, -0.2) is 0 Å². The zero-order valence-corrected chi connectivity index (χ0v) is 19.5. The standard InChI is InChI=1S/2C10H14.C8H12O/c2*1-10(2,3)9-7-5-4-6-8-9;1-8(2,3)7-5-4-6-9-7/h2*4-8H,1-3H3;4-6H,1-3H3/i4D,5D,6D,7D,8D;;. The van der Waals surface area contributed by atoms with E-state index in [2.05, 4.69) is 71.9 Å². The zero-order chi connectivity index (χ0) is 26.5. The summed E-state index contributed by atoms with van der Waals surface area (Å²) >= 11 is 0. The molecule has 0 N–H and O–H groups in total. The van der Waals surface area contributed by atoms with Crippen LogP contribution in [0.4, 0.5) is 0 Å². The van der Waals surface area contributed by atoms with E-state index in [-0.39, 0.29) is 35.6 Å². The first kappa shape index (κ1) is 17.6. The Kier molecular flexibility index (Phi) is 6.35. The fourth-order valence-electron chi connectivity index (χ4n) is 2.27. The Morgan fingerprint density at radius 2 is 1.10 bits per heavy atom. The van der Waals surface area contributed by atoms with Gasteiger partial charge in [-0.05, 0) is 34.1 Å². The van der Waals surface area contributed by atoms with Crippen molar-refractivity contribution < 1.29 is 11.3 Å². The first-order chi connectivity index (χ1) is 15.4. The summed E-state index contributed by atoms with van der Waals surface area (Å²) in [4.78, 5) is 0. The molecular weight excluding hydrogens is 352 g/mol. The molecule has 3 aromatic rings. The molecule has 0 saturated carbocycles. The monoisotopic (exact) mass is 397 g/mol. The average molecular weight is 398 g/mol. The molecule has 0 saturated heterocycles. The van der Waals surface area contributed by atoms with Crippen LogP contribution >= 0.6 is 0 Å². The molecule has 1 heteroatoms. The van der Waals surface area contributed by atoms with Gasteiger partial charge in [-0.25, -0.2) is 0 Å². The minimum atomic E-state index is -0.451. The largest absolute Gasteiger partial charge is 0.469 e. The van der Waals surface area contributed by atoms with Crippen LogP contribution in [0.3, 0.4) is 0 Å². The molecule has 0 aliphatic rings. The fraction of sp³-hybridized carbons (Fsp3) is 0.429. The van der Waals surface area contributed by atoms with Crippen LogP contribution in [0.2, 0.25) is 0 Å². The van der Waals surface area contributed by atoms with Crippen molar-refractivity contribution in [3.63, 3.8) is 0 Å². The maximum absolute atomic E-state index is 7.72. The predicted molar refractivity (Wildman–Crippen MR) is 128 cm³/mol. The van der Waals surface area contributed by atoms with Gasteiger partial charge < -0.3 is 4.42 Å². The van der Waals surface area contributed by atoms with Gasteiger partial charge in [-0.2, -0.15) is 0 Å². The lowest BCUT2D eigenvalue weighted by molar-refractivity contribution is 0.409. The summed E-state index contributed by atoms with van der Waals surface area (Å²) in [5.41, 5.74) is 1.77. The second-order valence-electron chi connectivity index (χ2n) is 10.1. The van der Waals surface area contributed by atoms with Crippen molar-refractivity contribution in [1.82, 2.24) is 0 Å². The Balaban J connectivity index is 0.000000266. The van der Waals surface area contributed by atoms with E-state index >= 15 is 0 Å². The van der Waals surface area contributed by atoms with Gasteiger partial charge in [-0.15, -0.1) is 0 Å². The molecule has 0 bridgehead atoms. The Bertz CT molecular complexity index is 1010. The molecule has 0 radical (unpaired) electrons. The van der Waals surface area contributed by atoms with Crippen LogP contribution in [0.25, 0.3) is 0 Å². The molecular formula is C28H40O. The normalized spacial score (nSPS) is 14.0. The van der Waals surface area contributed by atoms with Crippen LogP contribution in [-0.2, 0) is 16.2 Å². The smallest absolute Gasteiger partial charge is 0.109 e. The fourth-order valence-corrected chi connectivity index (χ4v) is 2.27. The molecule has 29 heavy (non-hydrogen) atoms. The third-order valence-corrected chi connectivity index (χ3v) is 4.15. The first-order valence-electron chi connectivity index (χ1n) is 12.6. The van der Waals surface area contributed by atoms with Gasteiger partial charge in [0.2, 0.25) is 0 Å². The van der Waals surface area contributed by atoms with Crippen molar-refractivity contribution in [1.29, 1.82) is 0 Å². The van der Waals surface area contributed by atoms with E-state index in [1.165, 1.54) is 5.56 Å². The van der Waals surface area contributed by atoms with E-state index < -0.39 is 5.41 Å². The summed E-state index contributed by atoms with van der Waals surface area (Å²) in [7, 11) is 0. The first-order valence-corrected chi connectivity index (χ1v) is 10.1. The van der Waals surface area contributed by atoms with Gasteiger partial charge >= 0.3 is 0 Å². The van der Waals surface area contributed by atoms with Crippen molar-refractivity contribution in [2.45, 2.75) is 78.6 Å². The number of rotatable bonds is 0. The highest BCUT2D eigenvalue weighted by atomic mass is 16.3. The maximum atomic E-state index is 7.72. The Morgan fingerprint density at radius 3 is 1.41 bits per heavy atom. The third-order valence-electron chi connectivity index (χ3n) is 4.15. The maximum Gasteiger partial charge on any atom is 0.109 e. The second kappa shape index (κ2) is 10.5. The molecule has 1 nitrogen and oxygen atoms in total. The Labute approximate surface area is 186 Å². The number of benzene rings is 2. The summed E-state index contributed by atoms with van der Waals surface area (Å²) in [5, 5.41) is 0. The molecule has 0 aliphatic carbocycles. The van der Waals surface area contributed by atoms with Gasteiger partial charge in [0.25, 0.3) is 0 Å². The molecule has 0 unspecified atom stereocenters. The van der Waals surface area contributed by atoms with E-state index in [9.17, 15) is 0 Å². The molecule has 158 valence electrons. The van der Waals surface area contributed by atoms with Crippen LogP contribution in [0.5, 0.6) is 0 Å². The van der Waals surface area contributed by atoms with Crippen molar-refractivity contribution in [2.75, 3.05) is 0 Å². The van der Waals surface area contributed by atoms with Gasteiger partial charge in [0.1, 0.15) is 5.76 Å². The number of hydrogen-bond acceptors (Lipinski definition) is 1. The molecule has 0 aliphatic heterocycles. The highest BCUT2D eigenvalue weighted by Gasteiger charge is 2.15. The quantitative estimate of drug-likeness (QED) is 0.370. The van der Waals surface area contributed by atoms with Crippen LogP contribution in [0, 0.1) is 0 Å². The zero-order valence-electron chi connectivity index (χ0n) is 24.5. The molecule has 3 rings (SSSR count). The summed E-state index contributed by atoms with van der Waals surface area (Å²) < 4.78 is 43.1. The minimum absolute atomic E-state index is 0.103. The molecule has 1 aromatic heterocycles. The van der Waals surface area contributed by atoms with E-state index in [0.29, 0.717) is 11.0 Å². The molecule has 0 atom stereocenters. The predicted octanol–water partition coefficient (Wildman–Crippen LogP) is 8.55. The molecule has 0 spiro atoms. The summed E-state index contributed by atoms with van der Waals surface area (Å²) in [5.74, 6) is 1.04. The van der Waals surface area contributed by atoms with Gasteiger partial charge in [-0.1, -0.05) is 123 Å². The Hall–Kier alpha value is -2.28. The van der Waals surface area contributed by atoms with Crippen molar-refractivity contribution in [3.05, 3.63) is 95.8 Å². The summed E-state index contributed by atoms with van der Waals surface area (Å²) in [6, 6.07) is 13.4. The second-order valence-corrected chi connectivity index (χ2v) is 10.1. The van der Waals surface area contributed by atoms with Crippen LogP contribution in [0.1, 0.15) is 86.1 Å². The number of hydrogen-bond donors (Lipinski definition) is 0. The van der Waals surface area contributed by atoms with Crippen LogP contribution < -0.4 is 0 Å². The van der Waals surface area contributed by atoms with Crippen molar-refractivity contribution >= 4 is 0 Å². The van der Waals surface area contributed by atoms with Gasteiger partial charge in [0, 0.05) is 5.41 Å². The highest BCUT2D eigenvalue weighted by molar-refractivity contribution is 5.22.